The van der Waals surface area contributed by atoms with Gasteiger partial charge in [-0.2, -0.15) is 0 Å². The zero-order valence-corrected chi connectivity index (χ0v) is 26.9. The van der Waals surface area contributed by atoms with Crippen molar-refractivity contribution < 1.29 is 24.0 Å². The first kappa shape index (κ1) is 32.2. The van der Waals surface area contributed by atoms with Crippen molar-refractivity contribution in [2.45, 2.75) is 38.7 Å². The minimum atomic E-state index is -0.832. The van der Waals surface area contributed by atoms with Crippen LogP contribution >= 0.6 is 47.8 Å². The summed E-state index contributed by atoms with van der Waals surface area (Å²) < 4.78 is 14.0. The maximum atomic E-state index is 13.8. The SMILES string of the molecule is CC(C)C[C@H](NC(=O)[C@H](Cc1ccccc1)NC(=O)c1c(Br)ccc(Br)c1Br)B1OCCN(CCO)CCO1. The molecule has 0 bridgehead atoms. The second-order valence-corrected chi connectivity index (χ2v) is 12.4. The molecule has 1 heterocycles. The van der Waals surface area contributed by atoms with Gasteiger partial charge in [0, 0.05) is 52.7 Å². The Hall–Kier alpha value is -1.28. The molecule has 2 aromatic carbocycles. The molecule has 3 rings (SSSR count). The normalized spacial score (nSPS) is 16.3. The molecule has 1 aliphatic heterocycles. The zero-order valence-electron chi connectivity index (χ0n) is 22.2. The molecule has 2 aromatic rings. The number of nitrogens with zero attached hydrogens (tertiary/aromatic N) is 1. The first-order valence-electron chi connectivity index (χ1n) is 13.0. The van der Waals surface area contributed by atoms with Gasteiger partial charge in [-0.1, -0.05) is 44.2 Å². The first-order chi connectivity index (χ1) is 18.7. The Labute approximate surface area is 256 Å². The first-order valence-corrected chi connectivity index (χ1v) is 15.4. The van der Waals surface area contributed by atoms with Gasteiger partial charge in [0.25, 0.3) is 5.91 Å². The second-order valence-electron chi connectivity index (χ2n) is 9.85. The molecule has 3 N–H and O–H groups in total. The zero-order chi connectivity index (χ0) is 28.4. The quantitative estimate of drug-likeness (QED) is 0.237. The van der Waals surface area contributed by atoms with E-state index in [1.54, 1.807) is 6.07 Å². The molecule has 0 aromatic heterocycles. The molecule has 0 spiro atoms. The number of halogens is 3. The average molecular weight is 732 g/mol. The topological polar surface area (TPSA) is 100 Å². The molecule has 2 atom stereocenters. The minimum absolute atomic E-state index is 0.0804. The fraction of sp³-hybridized carbons (Fsp3) is 0.481. The van der Waals surface area contributed by atoms with Gasteiger partial charge < -0.3 is 25.0 Å². The maximum absolute atomic E-state index is 13.8. The molecule has 0 aliphatic carbocycles. The lowest BCUT2D eigenvalue weighted by atomic mass is 9.73. The number of benzene rings is 2. The predicted molar refractivity (Wildman–Crippen MR) is 164 cm³/mol. The molecule has 212 valence electrons. The van der Waals surface area contributed by atoms with E-state index < -0.39 is 19.1 Å². The minimum Gasteiger partial charge on any atom is -0.408 e. The average Bonchev–Trinajstić information content (AvgIpc) is 2.87. The van der Waals surface area contributed by atoms with Crippen molar-refractivity contribution in [2.75, 3.05) is 39.5 Å². The lowest BCUT2D eigenvalue weighted by molar-refractivity contribution is -0.123. The third-order valence-corrected chi connectivity index (χ3v) is 9.03. The second kappa shape index (κ2) is 16.2. The van der Waals surface area contributed by atoms with Crippen LogP contribution in [-0.2, 0) is 20.5 Å². The summed E-state index contributed by atoms with van der Waals surface area (Å²) in [5.41, 5.74) is 1.32. The summed E-state index contributed by atoms with van der Waals surface area (Å²) in [5.74, 6) is -0.818. The van der Waals surface area contributed by atoms with Gasteiger partial charge in [0.2, 0.25) is 5.91 Å². The highest BCUT2D eigenvalue weighted by Gasteiger charge is 2.36. The van der Waals surface area contributed by atoms with Crippen molar-refractivity contribution >= 4 is 66.7 Å². The number of aliphatic hydroxyl groups is 1. The third kappa shape index (κ3) is 9.95. The monoisotopic (exact) mass is 729 g/mol. The van der Waals surface area contributed by atoms with Gasteiger partial charge in [-0.25, -0.2) is 0 Å². The van der Waals surface area contributed by atoms with Gasteiger partial charge in [-0.15, -0.1) is 0 Å². The van der Waals surface area contributed by atoms with Crippen molar-refractivity contribution in [2.24, 2.45) is 5.92 Å². The largest absolute Gasteiger partial charge is 0.480 e. The molecule has 1 saturated heterocycles. The number of hydrogen-bond acceptors (Lipinski definition) is 6. The smallest absolute Gasteiger partial charge is 0.408 e. The van der Waals surface area contributed by atoms with E-state index in [0.717, 1.165) is 10.0 Å². The van der Waals surface area contributed by atoms with Crippen LogP contribution in [-0.4, -0.2) is 80.4 Å². The Morgan fingerprint density at radius 1 is 1.00 bits per heavy atom. The van der Waals surface area contributed by atoms with Gasteiger partial charge in [0.1, 0.15) is 6.04 Å². The molecule has 39 heavy (non-hydrogen) atoms. The Morgan fingerprint density at radius 2 is 1.64 bits per heavy atom. The van der Waals surface area contributed by atoms with Crippen molar-refractivity contribution in [3.8, 4) is 0 Å². The molecule has 0 radical (unpaired) electrons. The molecule has 12 heteroatoms. The van der Waals surface area contributed by atoms with Crippen LogP contribution in [0.2, 0.25) is 0 Å². The molecule has 8 nitrogen and oxygen atoms in total. The van der Waals surface area contributed by atoms with Gasteiger partial charge >= 0.3 is 7.12 Å². The van der Waals surface area contributed by atoms with Gasteiger partial charge in [-0.3, -0.25) is 14.5 Å². The number of nitrogens with one attached hydrogen (secondary N) is 2. The lowest BCUT2D eigenvalue weighted by Gasteiger charge is -2.31. The summed E-state index contributed by atoms with van der Waals surface area (Å²) in [7, 11) is -0.617. The molecule has 1 fully saturated rings. The van der Waals surface area contributed by atoms with E-state index in [-0.39, 0.29) is 24.3 Å². The third-order valence-electron chi connectivity index (χ3n) is 6.35. The Balaban J connectivity index is 1.80. The number of β-amino-alcohol motifs (C(OH)–C–C–N with tert-alkyl or cyclic N) is 1. The van der Waals surface area contributed by atoms with E-state index in [1.165, 1.54) is 0 Å². The van der Waals surface area contributed by atoms with Crippen LogP contribution in [0.3, 0.4) is 0 Å². The highest BCUT2D eigenvalue weighted by molar-refractivity contribution is 9.13. The van der Waals surface area contributed by atoms with Crippen LogP contribution < -0.4 is 10.6 Å². The van der Waals surface area contributed by atoms with E-state index in [0.29, 0.717) is 60.2 Å². The number of aliphatic hydroxyl groups excluding tert-OH is 1. The summed E-state index contributed by atoms with van der Waals surface area (Å²) in [4.78, 5) is 29.3. The summed E-state index contributed by atoms with van der Waals surface area (Å²) in [6.45, 7) is 6.99. The van der Waals surface area contributed by atoms with E-state index in [1.807, 2.05) is 36.4 Å². The van der Waals surface area contributed by atoms with E-state index in [9.17, 15) is 14.7 Å². The van der Waals surface area contributed by atoms with Crippen LogP contribution in [0.4, 0.5) is 0 Å². The highest BCUT2D eigenvalue weighted by atomic mass is 79.9. The van der Waals surface area contributed by atoms with E-state index >= 15 is 0 Å². The summed E-state index contributed by atoms with van der Waals surface area (Å²) in [6.07, 6.45) is 0.962. The number of amides is 2. The Bertz CT molecular complexity index is 1090. The highest BCUT2D eigenvalue weighted by Crippen LogP contribution is 2.32. The molecule has 1 aliphatic rings. The van der Waals surface area contributed by atoms with Crippen molar-refractivity contribution in [3.05, 3.63) is 67.0 Å². The van der Waals surface area contributed by atoms with Crippen LogP contribution in [0.1, 0.15) is 36.2 Å². The number of hydrogen-bond donors (Lipinski definition) is 3. The number of carbonyl (C=O) groups excluding carboxylic acids is 2. The van der Waals surface area contributed by atoms with Crippen LogP contribution in [0.5, 0.6) is 0 Å². The molecule has 2 amide bonds. The summed E-state index contributed by atoms with van der Waals surface area (Å²) >= 11 is 10.4. The van der Waals surface area contributed by atoms with Crippen molar-refractivity contribution in [1.82, 2.24) is 15.5 Å². The fourth-order valence-corrected chi connectivity index (χ4v) is 6.04. The summed E-state index contributed by atoms with van der Waals surface area (Å²) in [5, 5.41) is 15.3. The Morgan fingerprint density at radius 3 is 2.26 bits per heavy atom. The molecular formula is C27H35BBr3N3O5. The summed E-state index contributed by atoms with van der Waals surface area (Å²) in [6, 6.07) is 12.4. The standard InChI is InChI=1S/C27H35BBr3N3O5/c1-18(2)16-23(28-38-14-11-34(10-13-35)12-15-39-28)33-26(36)22(17-19-6-4-3-5-7-19)32-27(37)24-20(29)8-9-21(30)25(24)31/h3-9,18,22-23,35H,10-17H2,1-2H3,(H,32,37)(H,33,36)/t22-,23-/m0/s1. The van der Waals surface area contributed by atoms with E-state index in [4.69, 9.17) is 9.31 Å². The maximum Gasteiger partial charge on any atom is 0.480 e. The Kier molecular flexibility index (Phi) is 13.4. The van der Waals surface area contributed by atoms with Crippen LogP contribution in [0.15, 0.2) is 55.9 Å². The van der Waals surface area contributed by atoms with E-state index in [2.05, 4.69) is 77.2 Å². The number of rotatable bonds is 11. The van der Waals surface area contributed by atoms with Crippen molar-refractivity contribution in [3.63, 3.8) is 0 Å². The van der Waals surface area contributed by atoms with Crippen LogP contribution in [0, 0.1) is 5.92 Å². The fourth-order valence-electron chi connectivity index (χ4n) is 4.41. The molecule has 0 unspecified atom stereocenters. The predicted octanol–water partition coefficient (Wildman–Crippen LogP) is 4.21. The van der Waals surface area contributed by atoms with Crippen LogP contribution in [0.25, 0.3) is 0 Å². The van der Waals surface area contributed by atoms with Crippen molar-refractivity contribution in [1.29, 1.82) is 0 Å². The number of carbonyl (C=O) groups is 2. The lowest BCUT2D eigenvalue weighted by Crippen LogP contribution is -2.57. The molecular weight excluding hydrogens is 697 g/mol. The van der Waals surface area contributed by atoms with Gasteiger partial charge in [0.05, 0.1) is 18.1 Å². The van der Waals surface area contributed by atoms with Gasteiger partial charge in [-0.05, 0) is 77.8 Å². The van der Waals surface area contributed by atoms with Gasteiger partial charge in [0.15, 0.2) is 0 Å². The molecule has 0 saturated carbocycles.